The van der Waals surface area contributed by atoms with Gasteiger partial charge < -0.3 is 15.6 Å². The number of aromatic nitrogens is 3. The van der Waals surface area contributed by atoms with Crippen molar-refractivity contribution in [2.24, 2.45) is 5.92 Å². The lowest BCUT2D eigenvalue weighted by atomic mass is 9.86. The summed E-state index contributed by atoms with van der Waals surface area (Å²) in [6, 6.07) is 1.63. The summed E-state index contributed by atoms with van der Waals surface area (Å²) in [5.41, 5.74) is 5.58. The fourth-order valence-corrected chi connectivity index (χ4v) is 2.98. The second kappa shape index (κ2) is 4.93. The van der Waals surface area contributed by atoms with Crippen molar-refractivity contribution < 1.29 is 14.2 Å². The summed E-state index contributed by atoms with van der Waals surface area (Å²) >= 11 is 0. The van der Waals surface area contributed by atoms with Crippen LogP contribution in [-0.2, 0) is 4.74 Å². The van der Waals surface area contributed by atoms with Gasteiger partial charge in [0.1, 0.15) is 23.6 Å². The second-order valence-corrected chi connectivity index (χ2v) is 5.71. The van der Waals surface area contributed by atoms with Crippen LogP contribution in [0.25, 0.3) is 5.52 Å². The molecular formula is C15H17FN4O2. The van der Waals surface area contributed by atoms with E-state index in [2.05, 4.69) is 16.0 Å². The molecule has 0 amide bonds. The van der Waals surface area contributed by atoms with E-state index in [4.69, 9.17) is 16.9 Å². The first kappa shape index (κ1) is 14.8. The third-order valence-electron chi connectivity index (χ3n) is 4.49. The van der Waals surface area contributed by atoms with Crippen LogP contribution in [0.3, 0.4) is 0 Å². The molecule has 0 radical (unpaired) electrons. The fourth-order valence-electron chi connectivity index (χ4n) is 2.98. The van der Waals surface area contributed by atoms with E-state index in [1.54, 1.807) is 13.0 Å². The molecule has 1 aliphatic heterocycles. The molecular weight excluding hydrogens is 287 g/mol. The van der Waals surface area contributed by atoms with Crippen LogP contribution in [0.1, 0.15) is 31.2 Å². The normalized spacial score (nSPS) is 31.5. The molecule has 1 aliphatic rings. The number of fused-ring (bicyclic) bond motifs is 1. The minimum atomic E-state index is -1.67. The van der Waals surface area contributed by atoms with Crippen molar-refractivity contribution in [3.05, 3.63) is 23.7 Å². The molecule has 3 N–H and O–H groups in total. The molecule has 2 aromatic heterocycles. The summed E-state index contributed by atoms with van der Waals surface area (Å²) in [4.78, 5) is 3.91. The number of nitrogens with zero attached hydrogens (tertiary/aromatic N) is 3. The van der Waals surface area contributed by atoms with E-state index in [1.807, 2.05) is 0 Å². The molecule has 6 nitrogen and oxygen atoms in total. The Morgan fingerprint density at radius 1 is 1.64 bits per heavy atom. The van der Waals surface area contributed by atoms with Gasteiger partial charge in [-0.1, -0.05) is 12.8 Å². The number of ether oxygens (including phenoxy) is 1. The van der Waals surface area contributed by atoms with Gasteiger partial charge in [0.05, 0.1) is 24.0 Å². The Hall–Kier alpha value is -2.17. The van der Waals surface area contributed by atoms with Crippen LogP contribution in [0.2, 0.25) is 0 Å². The Bertz CT molecular complexity index is 765. The van der Waals surface area contributed by atoms with Gasteiger partial charge in [-0.05, 0) is 13.0 Å². The number of nitrogens with two attached hydrogens (primary N) is 1. The molecule has 0 spiro atoms. The van der Waals surface area contributed by atoms with Crippen LogP contribution in [0, 0.1) is 18.3 Å². The van der Waals surface area contributed by atoms with Crippen LogP contribution in [0.4, 0.5) is 10.2 Å². The molecule has 1 fully saturated rings. The third-order valence-corrected chi connectivity index (χ3v) is 4.49. The Morgan fingerprint density at radius 2 is 2.36 bits per heavy atom. The minimum absolute atomic E-state index is 0.222. The molecule has 0 bridgehead atoms. The van der Waals surface area contributed by atoms with E-state index >= 15 is 4.39 Å². The number of hydrogen-bond donors (Lipinski definition) is 2. The van der Waals surface area contributed by atoms with Gasteiger partial charge in [-0.15, -0.1) is 6.42 Å². The highest BCUT2D eigenvalue weighted by molar-refractivity contribution is 5.75. The Morgan fingerprint density at radius 3 is 2.95 bits per heavy atom. The predicted molar refractivity (Wildman–Crippen MR) is 78.7 cm³/mol. The maximum atomic E-state index is 15.2. The monoisotopic (exact) mass is 304 g/mol. The Balaban J connectivity index is 2.20. The van der Waals surface area contributed by atoms with Crippen molar-refractivity contribution in [1.82, 2.24) is 14.6 Å². The van der Waals surface area contributed by atoms with Gasteiger partial charge >= 0.3 is 0 Å². The largest absolute Gasteiger partial charge is 0.394 e. The number of nitrogen functional groups attached to an aromatic ring is 1. The molecule has 7 heteroatoms. The maximum Gasteiger partial charge on any atom is 0.152 e. The maximum absolute atomic E-state index is 15.2. The molecule has 3 rings (SSSR count). The van der Waals surface area contributed by atoms with Crippen LogP contribution >= 0.6 is 0 Å². The summed E-state index contributed by atoms with van der Waals surface area (Å²) in [6.45, 7) is 2.92. The smallest absolute Gasteiger partial charge is 0.152 e. The van der Waals surface area contributed by atoms with Gasteiger partial charge in [-0.25, -0.2) is 13.9 Å². The summed E-state index contributed by atoms with van der Waals surface area (Å²) in [6.07, 6.45) is 5.29. The number of hydrogen-bond acceptors (Lipinski definition) is 5. The van der Waals surface area contributed by atoms with Crippen molar-refractivity contribution in [3.63, 3.8) is 0 Å². The molecule has 0 saturated carbocycles. The SMILES string of the molecule is C#Cc1cc([C@@H]2O[C@H](CO)[C@@H](C)[C@@]2(C)F)n2ncnc(N)c12. The number of aliphatic hydroxyl groups excluding tert-OH is 1. The van der Waals surface area contributed by atoms with Crippen LogP contribution in [0.15, 0.2) is 12.4 Å². The quantitative estimate of drug-likeness (QED) is 0.811. The second-order valence-electron chi connectivity index (χ2n) is 5.71. The molecule has 3 heterocycles. The first-order valence-electron chi connectivity index (χ1n) is 6.95. The van der Waals surface area contributed by atoms with Gasteiger partial charge in [-0.2, -0.15) is 5.10 Å². The molecule has 116 valence electrons. The molecule has 2 aromatic rings. The van der Waals surface area contributed by atoms with Crippen molar-refractivity contribution in [3.8, 4) is 12.3 Å². The number of alkyl halides is 1. The zero-order chi connectivity index (χ0) is 16.1. The highest BCUT2D eigenvalue weighted by Gasteiger charge is 2.53. The van der Waals surface area contributed by atoms with Gasteiger partial charge in [0.25, 0.3) is 0 Å². The topological polar surface area (TPSA) is 85.7 Å². The standard InChI is InChI=1S/C15H17FN4O2/c1-4-9-5-10(20-12(9)14(17)18-7-19-20)13-15(3,16)8(2)11(6-21)22-13/h1,5,7-8,11,13,21H,6H2,2-3H3,(H2,17,18,19)/t8-,11-,13+,15-/m1/s1. The highest BCUT2D eigenvalue weighted by atomic mass is 19.1. The van der Waals surface area contributed by atoms with Gasteiger partial charge in [0.15, 0.2) is 5.82 Å². The lowest BCUT2D eigenvalue weighted by Crippen LogP contribution is -2.32. The number of rotatable bonds is 2. The number of terminal acetylenes is 1. The van der Waals surface area contributed by atoms with E-state index < -0.39 is 23.8 Å². The molecule has 4 atom stereocenters. The molecule has 0 aliphatic carbocycles. The average molecular weight is 304 g/mol. The highest BCUT2D eigenvalue weighted by Crippen LogP contribution is 2.48. The van der Waals surface area contributed by atoms with Gasteiger partial charge in [0.2, 0.25) is 0 Å². The van der Waals surface area contributed by atoms with E-state index in [0.29, 0.717) is 16.8 Å². The zero-order valence-corrected chi connectivity index (χ0v) is 12.3. The third kappa shape index (κ3) is 1.88. The van der Waals surface area contributed by atoms with Gasteiger partial charge in [-0.3, -0.25) is 0 Å². The Kier molecular flexibility index (Phi) is 3.31. The molecule has 0 unspecified atom stereocenters. The van der Waals surface area contributed by atoms with E-state index in [-0.39, 0.29) is 12.4 Å². The first-order chi connectivity index (χ1) is 10.4. The summed E-state index contributed by atoms with van der Waals surface area (Å²) in [7, 11) is 0. The first-order valence-corrected chi connectivity index (χ1v) is 6.95. The summed E-state index contributed by atoms with van der Waals surface area (Å²) < 4.78 is 22.3. The van der Waals surface area contributed by atoms with Crippen molar-refractivity contribution in [2.75, 3.05) is 12.3 Å². The lowest BCUT2D eigenvalue weighted by molar-refractivity contribution is -0.0200. The van der Waals surface area contributed by atoms with Crippen LogP contribution in [-0.4, -0.2) is 38.1 Å². The predicted octanol–water partition coefficient (Wildman–Crippen LogP) is 1.09. The fraction of sp³-hybridized carbons (Fsp3) is 0.467. The van der Waals surface area contributed by atoms with E-state index in [1.165, 1.54) is 17.8 Å². The van der Waals surface area contributed by atoms with Crippen molar-refractivity contribution in [2.45, 2.75) is 31.7 Å². The average Bonchev–Trinajstić information content (AvgIpc) is 2.97. The van der Waals surface area contributed by atoms with Gasteiger partial charge in [0, 0.05) is 5.92 Å². The minimum Gasteiger partial charge on any atom is -0.394 e. The van der Waals surface area contributed by atoms with Crippen molar-refractivity contribution in [1.29, 1.82) is 0 Å². The van der Waals surface area contributed by atoms with Crippen LogP contribution < -0.4 is 5.73 Å². The van der Waals surface area contributed by atoms with E-state index in [0.717, 1.165) is 0 Å². The van der Waals surface area contributed by atoms with E-state index in [9.17, 15) is 5.11 Å². The zero-order valence-electron chi connectivity index (χ0n) is 12.3. The molecule has 22 heavy (non-hydrogen) atoms. The Labute approximate surface area is 127 Å². The summed E-state index contributed by atoms with van der Waals surface area (Å²) in [5, 5.41) is 13.5. The number of anilines is 1. The summed E-state index contributed by atoms with van der Waals surface area (Å²) in [5.74, 6) is 2.26. The molecule has 0 aromatic carbocycles. The molecule has 1 saturated heterocycles. The lowest BCUT2D eigenvalue weighted by Gasteiger charge is -2.24. The van der Waals surface area contributed by atoms with Crippen molar-refractivity contribution >= 4 is 11.3 Å². The number of aliphatic hydroxyl groups is 1. The van der Waals surface area contributed by atoms with Crippen LogP contribution in [0.5, 0.6) is 0 Å². The number of halogens is 1.